The summed E-state index contributed by atoms with van der Waals surface area (Å²) in [7, 11) is 4.99. The van der Waals surface area contributed by atoms with Gasteiger partial charge in [-0.2, -0.15) is 0 Å². The Morgan fingerprint density at radius 2 is 0.692 bits per heavy atom. The standard InChI is InChI=1S/3C9H11NO3/c3*1-10-5-9(13)6-2-3-7(11)8(12)4-6/h3*2-4,10-12H,5H2,1H3. The van der Waals surface area contributed by atoms with E-state index < -0.39 is 0 Å². The summed E-state index contributed by atoms with van der Waals surface area (Å²) in [5.41, 5.74) is 1.14. The number of benzene rings is 3. The summed E-state index contributed by atoms with van der Waals surface area (Å²) in [5, 5.41) is 62.3. The van der Waals surface area contributed by atoms with E-state index in [9.17, 15) is 14.4 Å². The van der Waals surface area contributed by atoms with Crippen LogP contribution < -0.4 is 16.0 Å². The maximum Gasteiger partial charge on any atom is 0.176 e. The monoisotopic (exact) mass is 543 g/mol. The molecule has 3 rings (SSSR count). The van der Waals surface area contributed by atoms with Crippen LogP contribution in [0.2, 0.25) is 0 Å². The highest BCUT2D eigenvalue weighted by Gasteiger charge is 2.09. The van der Waals surface area contributed by atoms with Gasteiger partial charge in [-0.1, -0.05) is 0 Å². The molecule has 0 saturated heterocycles. The summed E-state index contributed by atoms with van der Waals surface area (Å²) >= 11 is 0. The average molecular weight is 544 g/mol. The zero-order valence-corrected chi connectivity index (χ0v) is 21.7. The zero-order valence-electron chi connectivity index (χ0n) is 21.7. The van der Waals surface area contributed by atoms with Crippen LogP contribution in [0.25, 0.3) is 0 Å². The van der Waals surface area contributed by atoms with Gasteiger partial charge in [-0.25, -0.2) is 0 Å². The molecule has 0 radical (unpaired) electrons. The maximum atomic E-state index is 11.3. The molecular weight excluding hydrogens is 510 g/mol. The van der Waals surface area contributed by atoms with Crippen molar-refractivity contribution >= 4 is 17.3 Å². The fourth-order valence-corrected chi connectivity index (χ4v) is 2.88. The van der Waals surface area contributed by atoms with Crippen molar-refractivity contribution in [2.45, 2.75) is 0 Å². The summed E-state index contributed by atoms with van der Waals surface area (Å²) in [6.07, 6.45) is 0. The molecule has 0 aliphatic heterocycles. The number of nitrogens with one attached hydrogen (secondary N) is 3. The zero-order chi connectivity index (χ0) is 29.5. The van der Waals surface area contributed by atoms with Crippen LogP contribution in [0.1, 0.15) is 31.1 Å². The summed E-state index contributed by atoms with van der Waals surface area (Å²) in [4.78, 5) is 33.8. The molecule has 0 aromatic heterocycles. The van der Waals surface area contributed by atoms with E-state index in [4.69, 9.17) is 30.6 Å². The first-order chi connectivity index (χ1) is 18.4. The number of hydrogen-bond donors (Lipinski definition) is 9. The molecular formula is C27H33N3O9. The molecule has 0 unspecified atom stereocenters. The lowest BCUT2D eigenvalue weighted by molar-refractivity contribution is 0.0985. The second-order valence-electron chi connectivity index (χ2n) is 7.97. The van der Waals surface area contributed by atoms with E-state index in [1.165, 1.54) is 54.6 Å². The van der Waals surface area contributed by atoms with Crippen molar-refractivity contribution in [2.24, 2.45) is 0 Å². The smallest absolute Gasteiger partial charge is 0.176 e. The number of carbonyl (C=O) groups excluding carboxylic acids is 3. The molecule has 39 heavy (non-hydrogen) atoms. The Labute approximate surface area is 225 Å². The largest absolute Gasteiger partial charge is 0.504 e. The van der Waals surface area contributed by atoms with Crippen LogP contribution in [0.15, 0.2) is 54.6 Å². The Kier molecular flexibility index (Phi) is 13.5. The van der Waals surface area contributed by atoms with Crippen molar-refractivity contribution in [1.29, 1.82) is 0 Å². The van der Waals surface area contributed by atoms with Crippen LogP contribution in [0.5, 0.6) is 34.5 Å². The summed E-state index contributed by atoms with van der Waals surface area (Å²) in [5.74, 6) is -1.87. The third-order valence-corrected chi connectivity index (χ3v) is 4.90. The molecule has 3 aromatic carbocycles. The van der Waals surface area contributed by atoms with Gasteiger partial charge in [0.1, 0.15) is 0 Å². The minimum absolute atomic E-state index is 0.127. The highest BCUT2D eigenvalue weighted by Crippen LogP contribution is 2.26. The predicted octanol–water partition coefficient (Wildman–Crippen LogP) is 1.50. The van der Waals surface area contributed by atoms with Crippen LogP contribution in [0, 0.1) is 0 Å². The van der Waals surface area contributed by atoms with Gasteiger partial charge in [0.25, 0.3) is 0 Å². The van der Waals surface area contributed by atoms with E-state index in [1.807, 2.05) is 0 Å². The highest BCUT2D eigenvalue weighted by atomic mass is 16.3. The Hall–Kier alpha value is -4.65. The number of rotatable bonds is 9. The molecule has 12 heteroatoms. The number of likely N-dealkylation sites (N-methyl/N-ethyl adjacent to an activating group) is 3. The first-order valence-electron chi connectivity index (χ1n) is 11.5. The Morgan fingerprint density at radius 3 is 0.872 bits per heavy atom. The Balaban J connectivity index is 0.000000292. The number of carbonyl (C=O) groups is 3. The van der Waals surface area contributed by atoms with E-state index in [0.717, 1.165) is 0 Å². The molecule has 0 amide bonds. The van der Waals surface area contributed by atoms with Crippen molar-refractivity contribution in [3.05, 3.63) is 71.3 Å². The second kappa shape index (κ2) is 16.2. The molecule has 0 saturated carbocycles. The fourth-order valence-electron chi connectivity index (χ4n) is 2.88. The quantitative estimate of drug-likeness (QED) is 0.139. The van der Waals surface area contributed by atoms with Crippen molar-refractivity contribution < 1.29 is 45.0 Å². The van der Waals surface area contributed by atoms with Gasteiger partial charge in [-0.15, -0.1) is 0 Å². The lowest BCUT2D eigenvalue weighted by Gasteiger charge is -2.01. The van der Waals surface area contributed by atoms with Gasteiger partial charge < -0.3 is 46.6 Å². The molecule has 0 aliphatic carbocycles. The molecule has 0 atom stereocenters. The normalized spacial score (nSPS) is 9.92. The highest BCUT2D eigenvalue weighted by molar-refractivity contribution is 5.99. The lowest BCUT2D eigenvalue weighted by atomic mass is 10.1. The average Bonchev–Trinajstić information content (AvgIpc) is 2.90. The van der Waals surface area contributed by atoms with Gasteiger partial charge in [0.2, 0.25) is 0 Å². The molecule has 12 nitrogen and oxygen atoms in total. The van der Waals surface area contributed by atoms with Gasteiger partial charge in [-0.3, -0.25) is 14.4 Å². The molecule has 0 fully saturated rings. The number of phenols is 6. The first-order valence-corrected chi connectivity index (χ1v) is 11.5. The van der Waals surface area contributed by atoms with Crippen molar-refractivity contribution in [2.75, 3.05) is 40.8 Å². The number of hydrogen-bond acceptors (Lipinski definition) is 12. The van der Waals surface area contributed by atoms with E-state index in [1.54, 1.807) is 21.1 Å². The first kappa shape index (κ1) is 32.4. The fraction of sp³-hybridized carbons (Fsp3) is 0.222. The molecule has 210 valence electrons. The number of ketones is 3. The molecule has 0 spiro atoms. The van der Waals surface area contributed by atoms with Crippen LogP contribution in [0.3, 0.4) is 0 Å². The Morgan fingerprint density at radius 1 is 0.462 bits per heavy atom. The van der Waals surface area contributed by atoms with Crippen molar-refractivity contribution in [3.63, 3.8) is 0 Å². The number of phenolic OH excluding ortho intramolecular Hbond substituents is 6. The summed E-state index contributed by atoms with van der Waals surface area (Å²) < 4.78 is 0. The van der Waals surface area contributed by atoms with Gasteiger partial charge >= 0.3 is 0 Å². The molecule has 3 aromatic rings. The van der Waals surface area contributed by atoms with Crippen LogP contribution in [-0.2, 0) is 0 Å². The topological polar surface area (TPSA) is 209 Å². The molecule has 0 aliphatic rings. The molecule has 0 heterocycles. The third-order valence-electron chi connectivity index (χ3n) is 4.90. The van der Waals surface area contributed by atoms with E-state index in [0.29, 0.717) is 16.7 Å². The van der Waals surface area contributed by atoms with Crippen molar-refractivity contribution in [1.82, 2.24) is 16.0 Å². The number of Topliss-reactive ketones (excluding diaryl/α,β-unsaturated/α-hetero) is 3. The molecule has 9 N–H and O–H groups in total. The van der Waals surface area contributed by atoms with Gasteiger partial charge in [-0.05, 0) is 75.7 Å². The SMILES string of the molecule is CNCC(=O)c1ccc(O)c(O)c1.CNCC(=O)c1ccc(O)c(O)c1.CNCC(=O)c1ccc(O)c(O)c1. The predicted molar refractivity (Wildman–Crippen MR) is 144 cm³/mol. The Bertz CT molecular complexity index is 1120. The third kappa shape index (κ3) is 10.7. The van der Waals surface area contributed by atoms with Crippen LogP contribution in [0.4, 0.5) is 0 Å². The van der Waals surface area contributed by atoms with Crippen molar-refractivity contribution in [3.8, 4) is 34.5 Å². The van der Waals surface area contributed by atoms with Gasteiger partial charge in [0, 0.05) is 16.7 Å². The number of aromatic hydroxyl groups is 6. The van der Waals surface area contributed by atoms with E-state index in [-0.39, 0.29) is 71.5 Å². The summed E-state index contributed by atoms with van der Waals surface area (Å²) in [6.45, 7) is 0.638. The molecule has 0 bridgehead atoms. The minimum atomic E-state index is -0.276. The van der Waals surface area contributed by atoms with Gasteiger partial charge in [0.15, 0.2) is 51.8 Å². The lowest BCUT2D eigenvalue weighted by Crippen LogP contribution is -2.18. The van der Waals surface area contributed by atoms with Gasteiger partial charge in [0.05, 0.1) is 19.6 Å². The van der Waals surface area contributed by atoms with E-state index in [2.05, 4.69) is 16.0 Å². The van der Waals surface area contributed by atoms with E-state index >= 15 is 0 Å². The summed E-state index contributed by atoms with van der Waals surface area (Å²) in [6, 6.07) is 12.0. The second-order valence-corrected chi connectivity index (χ2v) is 7.97. The van der Waals surface area contributed by atoms with Crippen LogP contribution >= 0.6 is 0 Å². The minimum Gasteiger partial charge on any atom is -0.504 e. The van der Waals surface area contributed by atoms with Crippen LogP contribution in [-0.4, -0.2) is 88.8 Å². The maximum absolute atomic E-state index is 11.3.